The van der Waals surface area contributed by atoms with Crippen LogP contribution in [0.4, 0.5) is 0 Å². The van der Waals surface area contributed by atoms with E-state index < -0.39 is 0 Å². The Labute approximate surface area is 141 Å². The Morgan fingerprint density at radius 1 is 0.957 bits per heavy atom. The average Bonchev–Trinajstić information content (AvgIpc) is 2.54. The molecule has 1 saturated heterocycles. The van der Waals surface area contributed by atoms with Crippen LogP contribution in [0.15, 0.2) is 0 Å². The lowest BCUT2D eigenvalue weighted by Crippen LogP contribution is -2.50. The van der Waals surface area contributed by atoms with Crippen molar-refractivity contribution in [3.05, 3.63) is 0 Å². The van der Waals surface area contributed by atoms with Crippen LogP contribution in [0.5, 0.6) is 0 Å². The summed E-state index contributed by atoms with van der Waals surface area (Å²) in [5.41, 5.74) is 0. The highest BCUT2D eigenvalue weighted by Gasteiger charge is 2.22. The van der Waals surface area contributed by atoms with Gasteiger partial charge in [-0.3, -0.25) is 14.5 Å². The number of piperazine rings is 1. The number of carbonyl (C=O) groups excluding carboxylic acids is 2. The van der Waals surface area contributed by atoms with E-state index in [9.17, 15) is 9.59 Å². The van der Waals surface area contributed by atoms with Gasteiger partial charge in [0.2, 0.25) is 11.8 Å². The van der Waals surface area contributed by atoms with Crippen LogP contribution in [-0.2, 0) is 9.59 Å². The summed E-state index contributed by atoms with van der Waals surface area (Å²) in [4.78, 5) is 28.2. The first kappa shape index (κ1) is 19.9. The summed E-state index contributed by atoms with van der Waals surface area (Å²) in [6, 6.07) is 0.549. The quantitative estimate of drug-likeness (QED) is 0.628. The molecule has 0 aliphatic carbocycles. The fourth-order valence-corrected chi connectivity index (χ4v) is 2.91. The fourth-order valence-electron chi connectivity index (χ4n) is 2.91. The molecule has 23 heavy (non-hydrogen) atoms. The van der Waals surface area contributed by atoms with Crippen molar-refractivity contribution >= 4 is 11.8 Å². The van der Waals surface area contributed by atoms with E-state index >= 15 is 0 Å². The second kappa shape index (κ2) is 11.4. The molecule has 1 aliphatic heterocycles. The Morgan fingerprint density at radius 2 is 1.65 bits per heavy atom. The molecule has 0 spiro atoms. The molecule has 1 N–H and O–H groups in total. The van der Waals surface area contributed by atoms with Crippen molar-refractivity contribution in [3.63, 3.8) is 0 Å². The van der Waals surface area contributed by atoms with E-state index in [0.717, 1.165) is 39.1 Å². The van der Waals surface area contributed by atoms with E-state index in [-0.39, 0.29) is 11.8 Å². The van der Waals surface area contributed by atoms with Crippen LogP contribution in [0, 0.1) is 0 Å². The standard InChI is InChI=1S/C18H35N3O2/c1-4-5-6-7-11-19-17(22)9-8-10-18(23)21-14-12-20(13-15-21)16(2)3/h16H,4-15H2,1-3H3,(H,19,22). The van der Waals surface area contributed by atoms with Gasteiger partial charge in [-0.1, -0.05) is 26.2 Å². The first-order valence-corrected chi connectivity index (χ1v) is 9.33. The van der Waals surface area contributed by atoms with Gasteiger partial charge in [0.1, 0.15) is 0 Å². The topological polar surface area (TPSA) is 52.7 Å². The van der Waals surface area contributed by atoms with E-state index in [1.165, 1.54) is 19.3 Å². The predicted molar refractivity (Wildman–Crippen MR) is 94.3 cm³/mol. The van der Waals surface area contributed by atoms with Gasteiger partial charge in [-0.15, -0.1) is 0 Å². The van der Waals surface area contributed by atoms with Gasteiger partial charge in [0.15, 0.2) is 0 Å². The summed E-state index contributed by atoms with van der Waals surface area (Å²) in [5, 5.41) is 2.94. The Balaban J connectivity index is 2.06. The summed E-state index contributed by atoms with van der Waals surface area (Å²) in [7, 11) is 0. The number of carbonyl (C=O) groups is 2. The van der Waals surface area contributed by atoms with Gasteiger partial charge in [-0.2, -0.15) is 0 Å². The van der Waals surface area contributed by atoms with Crippen LogP contribution in [0.25, 0.3) is 0 Å². The molecule has 0 unspecified atom stereocenters. The summed E-state index contributed by atoms with van der Waals surface area (Å²) in [6.07, 6.45) is 6.28. The molecule has 0 aromatic heterocycles. The van der Waals surface area contributed by atoms with Crippen molar-refractivity contribution in [3.8, 4) is 0 Å². The zero-order valence-corrected chi connectivity index (χ0v) is 15.3. The fraction of sp³-hybridized carbons (Fsp3) is 0.889. The molecule has 0 aromatic rings. The molecule has 0 saturated carbocycles. The van der Waals surface area contributed by atoms with E-state index in [0.29, 0.717) is 25.3 Å². The Kier molecular flexibility index (Phi) is 9.92. The van der Waals surface area contributed by atoms with Crippen molar-refractivity contribution < 1.29 is 9.59 Å². The third-order valence-electron chi connectivity index (χ3n) is 4.54. The zero-order chi connectivity index (χ0) is 17.1. The Bertz CT molecular complexity index is 350. The first-order valence-electron chi connectivity index (χ1n) is 9.33. The molecule has 1 fully saturated rings. The van der Waals surface area contributed by atoms with Gasteiger partial charge >= 0.3 is 0 Å². The molecule has 2 amide bonds. The minimum atomic E-state index is 0.0823. The van der Waals surface area contributed by atoms with Crippen LogP contribution in [-0.4, -0.2) is 60.4 Å². The predicted octanol–water partition coefficient (Wildman–Crippen LogP) is 2.41. The number of rotatable bonds is 10. The zero-order valence-electron chi connectivity index (χ0n) is 15.3. The molecular weight excluding hydrogens is 290 g/mol. The number of nitrogens with zero attached hydrogens (tertiary/aromatic N) is 2. The lowest BCUT2D eigenvalue weighted by Gasteiger charge is -2.37. The third-order valence-corrected chi connectivity index (χ3v) is 4.54. The summed E-state index contributed by atoms with van der Waals surface area (Å²) < 4.78 is 0. The van der Waals surface area contributed by atoms with Gasteiger partial charge in [-0.25, -0.2) is 0 Å². The minimum absolute atomic E-state index is 0.0823. The molecule has 0 aromatic carbocycles. The Morgan fingerprint density at radius 3 is 2.26 bits per heavy atom. The van der Waals surface area contributed by atoms with E-state index in [1.807, 2.05) is 4.90 Å². The molecule has 134 valence electrons. The third kappa shape index (κ3) is 8.35. The molecule has 1 rings (SSSR count). The van der Waals surface area contributed by atoms with Crippen LogP contribution < -0.4 is 5.32 Å². The molecule has 1 aliphatic rings. The summed E-state index contributed by atoms with van der Waals surface area (Å²) >= 11 is 0. The van der Waals surface area contributed by atoms with E-state index in [1.54, 1.807) is 0 Å². The average molecular weight is 325 g/mol. The van der Waals surface area contributed by atoms with Crippen molar-refractivity contribution in [1.29, 1.82) is 0 Å². The van der Waals surface area contributed by atoms with E-state index in [4.69, 9.17) is 0 Å². The Hall–Kier alpha value is -1.10. The largest absolute Gasteiger partial charge is 0.356 e. The van der Waals surface area contributed by atoms with E-state index in [2.05, 4.69) is 31.0 Å². The van der Waals surface area contributed by atoms with Crippen LogP contribution in [0.1, 0.15) is 65.7 Å². The van der Waals surface area contributed by atoms with Gasteiger partial charge in [0.05, 0.1) is 0 Å². The highest BCUT2D eigenvalue weighted by Crippen LogP contribution is 2.09. The second-order valence-corrected chi connectivity index (χ2v) is 6.77. The lowest BCUT2D eigenvalue weighted by atomic mass is 10.1. The molecule has 5 heteroatoms. The molecule has 1 heterocycles. The number of hydrogen-bond acceptors (Lipinski definition) is 3. The summed E-state index contributed by atoms with van der Waals surface area (Å²) in [6.45, 7) is 10.9. The maximum absolute atomic E-state index is 12.2. The van der Waals surface area contributed by atoms with Crippen LogP contribution >= 0.6 is 0 Å². The first-order chi connectivity index (χ1) is 11.0. The highest BCUT2D eigenvalue weighted by molar-refractivity contribution is 5.79. The van der Waals surface area contributed by atoms with Gasteiger partial charge in [0, 0.05) is 51.6 Å². The van der Waals surface area contributed by atoms with Crippen molar-refractivity contribution in [2.75, 3.05) is 32.7 Å². The number of amides is 2. The van der Waals surface area contributed by atoms with Crippen molar-refractivity contribution in [2.24, 2.45) is 0 Å². The van der Waals surface area contributed by atoms with Crippen LogP contribution in [0.3, 0.4) is 0 Å². The molecular formula is C18H35N3O2. The van der Waals surface area contributed by atoms with Crippen molar-refractivity contribution in [2.45, 2.75) is 71.8 Å². The lowest BCUT2D eigenvalue weighted by molar-refractivity contribution is -0.133. The maximum atomic E-state index is 12.2. The smallest absolute Gasteiger partial charge is 0.222 e. The molecule has 5 nitrogen and oxygen atoms in total. The van der Waals surface area contributed by atoms with Crippen molar-refractivity contribution in [1.82, 2.24) is 15.1 Å². The number of nitrogens with one attached hydrogen (secondary N) is 1. The normalized spacial score (nSPS) is 15.9. The second-order valence-electron chi connectivity index (χ2n) is 6.77. The monoisotopic (exact) mass is 325 g/mol. The van der Waals surface area contributed by atoms with Gasteiger partial charge in [-0.05, 0) is 26.7 Å². The highest BCUT2D eigenvalue weighted by atomic mass is 16.2. The van der Waals surface area contributed by atoms with Gasteiger partial charge < -0.3 is 10.2 Å². The minimum Gasteiger partial charge on any atom is -0.356 e. The molecule has 0 bridgehead atoms. The maximum Gasteiger partial charge on any atom is 0.222 e. The van der Waals surface area contributed by atoms with Gasteiger partial charge in [0.25, 0.3) is 0 Å². The molecule has 0 radical (unpaired) electrons. The SMILES string of the molecule is CCCCCCNC(=O)CCCC(=O)N1CCN(C(C)C)CC1. The summed E-state index contributed by atoms with van der Waals surface area (Å²) in [5.74, 6) is 0.281. The number of hydrogen-bond donors (Lipinski definition) is 1. The van der Waals surface area contributed by atoms with Crippen LogP contribution in [0.2, 0.25) is 0 Å². The number of unbranched alkanes of at least 4 members (excludes halogenated alkanes) is 3. The molecule has 0 atom stereocenters.